The van der Waals surface area contributed by atoms with Crippen LogP contribution in [-0.2, 0) is 10.3 Å². The van der Waals surface area contributed by atoms with E-state index in [0.717, 1.165) is 5.56 Å². The summed E-state index contributed by atoms with van der Waals surface area (Å²) in [6.07, 6.45) is 1.16. The molecule has 1 fully saturated rings. The van der Waals surface area contributed by atoms with Crippen molar-refractivity contribution in [3.05, 3.63) is 101 Å². The van der Waals surface area contributed by atoms with Crippen LogP contribution in [0, 0.1) is 5.82 Å². The molecular formula is C25H23FN2O3. The number of benzene rings is 3. The quantitative estimate of drug-likeness (QED) is 0.580. The third-order valence-electron chi connectivity index (χ3n) is 5.51. The van der Waals surface area contributed by atoms with Gasteiger partial charge in [-0.3, -0.25) is 4.79 Å². The lowest BCUT2D eigenvalue weighted by atomic mass is 9.83. The van der Waals surface area contributed by atoms with Crippen molar-refractivity contribution in [2.45, 2.75) is 18.4 Å². The molecule has 3 aromatic rings. The third kappa shape index (κ3) is 4.81. The van der Waals surface area contributed by atoms with Crippen molar-refractivity contribution in [2.24, 2.45) is 0 Å². The van der Waals surface area contributed by atoms with E-state index in [1.807, 2.05) is 18.2 Å². The minimum atomic E-state index is -0.645. The minimum absolute atomic E-state index is 0.114. The molecule has 0 aromatic heterocycles. The van der Waals surface area contributed by atoms with Crippen molar-refractivity contribution in [3.8, 4) is 0 Å². The Morgan fingerprint density at radius 2 is 1.52 bits per heavy atom. The summed E-state index contributed by atoms with van der Waals surface area (Å²) in [7, 11) is 0. The zero-order chi connectivity index (χ0) is 21.7. The van der Waals surface area contributed by atoms with Crippen LogP contribution in [0.2, 0.25) is 0 Å². The molecule has 1 aliphatic heterocycles. The van der Waals surface area contributed by atoms with E-state index in [0.29, 0.717) is 42.9 Å². The van der Waals surface area contributed by atoms with E-state index < -0.39 is 11.6 Å². The molecule has 0 unspecified atom stereocenters. The Labute approximate surface area is 180 Å². The average Bonchev–Trinajstić information content (AvgIpc) is 2.80. The first-order chi connectivity index (χ1) is 15.1. The Kier molecular flexibility index (Phi) is 6.09. The highest BCUT2D eigenvalue weighted by atomic mass is 19.1. The van der Waals surface area contributed by atoms with Crippen molar-refractivity contribution < 1.29 is 18.7 Å². The van der Waals surface area contributed by atoms with Gasteiger partial charge < -0.3 is 15.4 Å². The molecule has 6 heteroatoms. The average molecular weight is 418 g/mol. The zero-order valence-electron chi connectivity index (χ0n) is 16.9. The van der Waals surface area contributed by atoms with Gasteiger partial charge in [-0.05, 0) is 42.7 Å². The first-order valence-electron chi connectivity index (χ1n) is 10.2. The van der Waals surface area contributed by atoms with E-state index in [9.17, 15) is 14.0 Å². The summed E-state index contributed by atoms with van der Waals surface area (Å²) in [4.78, 5) is 25.5. The highest BCUT2D eigenvalue weighted by Gasteiger charge is 2.36. The maximum atomic E-state index is 13.4. The highest BCUT2D eigenvalue weighted by Crippen LogP contribution is 2.32. The maximum Gasteiger partial charge on any atom is 0.319 e. The zero-order valence-corrected chi connectivity index (χ0v) is 16.9. The van der Waals surface area contributed by atoms with Crippen LogP contribution in [0.25, 0.3) is 0 Å². The van der Waals surface area contributed by atoms with E-state index in [-0.39, 0.29) is 11.6 Å². The smallest absolute Gasteiger partial charge is 0.319 e. The van der Waals surface area contributed by atoms with E-state index in [1.165, 1.54) is 12.1 Å². The summed E-state index contributed by atoms with van der Waals surface area (Å²) in [5, 5.41) is 5.88. The van der Waals surface area contributed by atoms with Crippen LogP contribution in [0.1, 0.15) is 34.3 Å². The molecule has 31 heavy (non-hydrogen) atoms. The Bertz CT molecular complexity index is 1060. The first-order valence-corrected chi connectivity index (χ1v) is 10.2. The Balaban J connectivity index is 1.51. The van der Waals surface area contributed by atoms with Gasteiger partial charge in [-0.15, -0.1) is 0 Å². The van der Waals surface area contributed by atoms with Crippen molar-refractivity contribution in [1.29, 1.82) is 0 Å². The van der Waals surface area contributed by atoms with E-state index in [4.69, 9.17) is 4.74 Å². The predicted molar refractivity (Wildman–Crippen MR) is 117 cm³/mol. The SMILES string of the molecule is O=C(Nc1cccc(C(=O)c2ccccc2)c1)NC1(c2ccc(F)cc2)CCOCC1. The van der Waals surface area contributed by atoms with Crippen molar-refractivity contribution >= 4 is 17.5 Å². The van der Waals surface area contributed by atoms with Gasteiger partial charge in [0.15, 0.2) is 5.78 Å². The van der Waals surface area contributed by atoms with E-state index in [2.05, 4.69) is 10.6 Å². The fourth-order valence-corrected chi connectivity index (χ4v) is 3.85. The molecular weight excluding hydrogens is 395 g/mol. The number of halogens is 1. The number of carbonyl (C=O) groups is 2. The van der Waals surface area contributed by atoms with Crippen LogP contribution in [-0.4, -0.2) is 25.0 Å². The van der Waals surface area contributed by atoms with Gasteiger partial charge >= 0.3 is 6.03 Å². The molecule has 0 aliphatic carbocycles. The van der Waals surface area contributed by atoms with Crippen molar-refractivity contribution in [3.63, 3.8) is 0 Å². The third-order valence-corrected chi connectivity index (χ3v) is 5.51. The minimum Gasteiger partial charge on any atom is -0.381 e. The fourth-order valence-electron chi connectivity index (χ4n) is 3.85. The normalized spacial score (nSPS) is 15.1. The second kappa shape index (κ2) is 9.10. The van der Waals surface area contributed by atoms with Gasteiger partial charge in [0, 0.05) is 30.0 Å². The molecule has 5 nitrogen and oxygen atoms in total. The lowest BCUT2D eigenvalue weighted by Crippen LogP contribution is -2.50. The van der Waals surface area contributed by atoms with Crippen LogP contribution < -0.4 is 10.6 Å². The monoisotopic (exact) mass is 418 g/mol. The Hall–Kier alpha value is -3.51. The molecule has 4 rings (SSSR count). The van der Waals surface area contributed by atoms with Crippen LogP contribution in [0.5, 0.6) is 0 Å². The van der Waals surface area contributed by atoms with Gasteiger partial charge in [-0.25, -0.2) is 9.18 Å². The summed E-state index contributed by atoms with van der Waals surface area (Å²) in [6, 6.07) is 21.6. The number of amides is 2. The van der Waals surface area contributed by atoms with Gasteiger partial charge in [-0.2, -0.15) is 0 Å². The largest absolute Gasteiger partial charge is 0.381 e. The molecule has 1 heterocycles. The number of carbonyl (C=O) groups excluding carboxylic acids is 2. The Morgan fingerprint density at radius 3 is 2.23 bits per heavy atom. The lowest BCUT2D eigenvalue weighted by molar-refractivity contribution is 0.0417. The molecule has 0 spiro atoms. The molecule has 1 aliphatic rings. The molecule has 2 amide bonds. The van der Waals surface area contributed by atoms with E-state index in [1.54, 1.807) is 48.5 Å². The van der Waals surface area contributed by atoms with Gasteiger partial charge in [0.05, 0.1) is 5.54 Å². The van der Waals surface area contributed by atoms with Gasteiger partial charge in [0.2, 0.25) is 0 Å². The summed E-state index contributed by atoms with van der Waals surface area (Å²) in [5.41, 5.74) is 1.78. The van der Waals surface area contributed by atoms with Gasteiger partial charge in [-0.1, -0.05) is 54.6 Å². The van der Waals surface area contributed by atoms with Crippen molar-refractivity contribution in [1.82, 2.24) is 5.32 Å². The molecule has 0 radical (unpaired) electrons. The highest BCUT2D eigenvalue weighted by molar-refractivity contribution is 6.09. The van der Waals surface area contributed by atoms with Crippen LogP contribution in [0.4, 0.5) is 14.9 Å². The molecule has 3 aromatic carbocycles. The van der Waals surface area contributed by atoms with Crippen LogP contribution in [0.3, 0.4) is 0 Å². The molecule has 2 N–H and O–H groups in total. The van der Waals surface area contributed by atoms with Gasteiger partial charge in [0.1, 0.15) is 5.82 Å². The number of hydrogen-bond donors (Lipinski definition) is 2. The standard InChI is InChI=1S/C25H23FN2O3/c26-21-11-9-20(10-12-21)25(13-15-31-16-14-25)28-24(30)27-22-8-4-7-19(17-22)23(29)18-5-2-1-3-6-18/h1-12,17H,13-16H2,(H2,27,28,30). The van der Waals surface area contributed by atoms with Crippen molar-refractivity contribution in [2.75, 3.05) is 18.5 Å². The second-order valence-corrected chi connectivity index (χ2v) is 7.56. The lowest BCUT2D eigenvalue weighted by Gasteiger charge is -2.38. The molecule has 1 saturated heterocycles. The maximum absolute atomic E-state index is 13.4. The van der Waals surface area contributed by atoms with Crippen LogP contribution in [0.15, 0.2) is 78.9 Å². The fraction of sp³-hybridized carbons (Fsp3) is 0.200. The van der Waals surface area contributed by atoms with Crippen LogP contribution >= 0.6 is 0 Å². The topological polar surface area (TPSA) is 67.4 Å². The van der Waals surface area contributed by atoms with Gasteiger partial charge in [0.25, 0.3) is 0 Å². The summed E-state index contributed by atoms with van der Waals surface area (Å²) in [6.45, 7) is 0.997. The number of ketones is 1. The molecule has 0 atom stereocenters. The Morgan fingerprint density at radius 1 is 0.839 bits per heavy atom. The van der Waals surface area contributed by atoms with E-state index >= 15 is 0 Å². The number of anilines is 1. The first kappa shape index (κ1) is 20.8. The molecule has 0 bridgehead atoms. The summed E-state index contributed by atoms with van der Waals surface area (Å²) < 4.78 is 18.9. The second-order valence-electron chi connectivity index (χ2n) is 7.56. The number of nitrogens with one attached hydrogen (secondary N) is 2. The number of ether oxygens (including phenoxy) is 1. The number of hydrogen-bond acceptors (Lipinski definition) is 3. The molecule has 158 valence electrons. The number of rotatable bonds is 5. The predicted octanol–water partition coefficient (Wildman–Crippen LogP) is 4.88. The number of urea groups is 1. The molecule has 0 saturated carbocycles. The summed E-state index contributed by atoms with van der Waals surface area (Å²) in [5.74, 6) is -0.438. The summed E-state index contributed by atoms with van der Waals surface area (Å²) >= 11 is 0.